The maximum atomic E-state index is 5.66. The molecule has 0 spiro atoms. The van der Waals surface area contributed by atoms with Gasteiger partial charge in [-0.2, -0.15) is 0 Å². The van der Waals surface area contributed by atoms with Crippen LogP contribution in [0.2, 0.25) is 0 Å². The fourth-order valence-electron chi connectivity index (χ4n) is 1.56. The second-order valence-electron chi connectivity index (χ2n) is 3.16. The van der Waals surface area contributed by atoms with Crippen molar-refractivity contribution < 1.29 is 0 Å². The van der Waals surface area contributed by atoms with E-state index < -0.39 is 0 Å². The topological polar surface area (TPSA) is 56.2 Å². The van der Waals surface area contributed by atoms with Gasteiger partial charge >= 0.3 is 0 Å². The van der Waals surface area contributed by atoms with Crippen LogP contribution in [0.1, 0.15) is 0 Å². The molecule has 0 bridgehead atoms. The summed E-state index contributed by atoms with van der Waals surface area (Å²) in [6.45, 7) is 0. The number of fused-ring (bicyclic) bond motifs is 3. The third-order valence-corrected chi connectivity index (χ3v) is 2.18. The Hall–Kier alpha value is -2.10. The summed E-state index contributed by atoms with van der Waals surface area (Å²) in [6, 6.07) is 7.88. The Morgan fingerprint density at radius 2 is 2.07 bits per heavy atom. The molecule has 0 fully saturated rings. The van der Waals surface area contributed by atoms with Gasteiger partial charge in [0.15, 0.2) is 0 Å². The summed E-state index contributed by atoms with van der Waals surface area (Å²) >= 11 is 0. The van der Waals surface area contributed by atoms with Gasteiger partial charge in [0.1, 0.15) is 0 Å². The van der Waals surface area contributed by atoms with Crippen molar-refractivity contribution in [2.24, 2.45) is 0 Å². The molecule has 2 N–H and O–H groups in total. The molecule has 2 heterocycles. The van der Waals surface area contributed by atoms with Gasteiger partial charge in [0, 0.05) is 6.20 Å². The lowest BCUT2D eigenvalue weighted by atomic mass is 10.3. The van der Waals surface area contributed by atoms with Gasteiger partial charge in [-0.05, 0) is 12.1 Å². The van der Waals surface area contributed by atoms with E-state index in [1.54, 1.807) is 6.20 Å². The quantitative estimate of drug-likeness (QED) is 0.575. The molecule has 1 aromatic carbocycles. The summed E-state index contributed by atoms with van der Waals surface area (Å²) in [5, 5.41) is 0. The van der Waals surface area contributed by atoms with Crippen molar-refractivity contribution >= 4 is 22.5 Å². The second-order valence-corrected chi connectivity index (χ2v) is 3.16. The van der Waals surface area contributed by atoms with Crippen LogP contribution in [0.25, 0.3) is 16.8 Å². The van der Waals surface area contributed by atoms with Gasteiger partial charge in [-0.1, -0.05) is 12.1 Å². The van der Waals surface area contributed by atoms with Gasteiger partial charge in [-0.3, -0.25) is 4.40 Å². The number of aromatic nitrogens is 3. The molecule has 4 heteroatoms. The highest BCUT2D eigenvalue weighted by molar-refractivity contribution is 5.79. The number of benzene rings is 1. The number of hydrogen-bond acceptors (Lipinski definition) is 3. The first kappa shape index (κ1) is 7.32. The Kier molecular flexibility index (Phi) is 1.28. The number of imidazole rings is 1. The number of nitrogens with zero attached hydrogens (tertiary/aromatic N) is 3. The maximum Gasteiger partial charge on any atom is 0.234 e. The van der Waals surface area contributed by atoms with E-state index in [0.29, 0.717) is 11.5 Å². The van der Waals surface area contributed by atoms with E-state index in [1.807, 2.05) is 34.9 Å². The SMILES string of the molecule is Nc1cnc2nc3ccccc3n2c1. The molecule has 0 saturated carbocycles. The van der Waals surface area contributed by atoms with Gasteiger partial charge < -0.3 is 5.73 Å². The van der Waals surface area contributed by atoms with Crippen molar-refractivity contribution in [3.8, 4) is 0 Å². The van der Waals surface area contributed by atoms with Crippen LogP contribution in [0.15, 0.2) is 36.7 Å². The third-order valence-electron chi connectivity index (χ3n) is 2.18. The molecule has 0 saturated heterocycles. The zero-order valence-corrected chi connectivity index (χ0v) is 7.38. The van der Waals surface area contributed by atoms with Crippen molar-refractivity contribution in [2.75, 3.05) is 5.73 Å². The molecule has 0 amide bonds. The van der Waals surface area contributed by atoms with Gasteiger partial charge in [0.05, 0.1) is 22.9 Å². The van der Waals surface area contributed by atoms with Gasteiger partial charge in [-0.15, -0.1) is 0 Å². The van der Waals surface area contributed by atoms with E-state index in [4.69, 9.17) is 5.73 Å². The third kappa shape index (κ3) is 0.877. The van der Waals surface area contributed by atoms with Crippen LogP contribution in [0, 0.1) is 0 Å². The second kappa shape index (κ2) is 2.45. The zero-order valence-electron chi connectivity index (χ0n) is 7.38. The predicted molar refractivity (Wildman–Crippen MR) is 54.9 cm³/mol. The molecule has 3 aromatic rings. The van der Waals surface area contributed by atoms with E-state index in [0.717, 1.165) is 11.0 Å². The van der Waals surface area contributed by atoms with Crippen LogP contribution in [-0.4, -0.2) is 14.4 Å². The Balaban J connectivity index is 2.58. The number of hydrogen-bond donors (Lipinski definition) is 1. The van der Waals surface area contributed by atoms with Gasteiger partial charge in [-0.25, -0.2) is 9.97 Å². The van der Waals surface area contributed by atoms with Crippen molar-refractivity contribution in [1.82, 2.24) is 14.4 Å². The molecule has 0 aliphatic heterocycles. The molecular formula is C10H8N4. The zero-order chi connectivity index (χ0) is 9.54. The van der Waals surface area contributed by atoms with E-state index >= 15 is 0 Å². The van der Waals surface area contributed by atoms with Crippen LogP contribution < -0.4 is 5.73 Å². The maximum absolute atomic E-state index is 5.66. The minimum absolute atomic E-state index is 0.639. The smallest absolute Gasteiger partial charge is 0.234 e. The average Bonchev–Trinajstić information content (AvgIpc) is 2.56. The number of nitrogens with two attached hydrogens (primary N) is 1. The number of anilines is 1. The molecule has 0 atom stereocenters. The molecule has 2 aromatic heterocycles. The van der Waals surface area contributed by atoms with Crippen LogP contribution in [-0.2, 0) is 0 Å². The monoisotopic (exact) mass is 184 g/mol. The lowest BCUT2D eigenvalue weighted by Crippen LogP contribution is -1.92. The number of rotatable bonds is 0. The molecule has 4 nitrogen and oxygen atoms in total. The normalized spacial score (nSPS) is 11.1. The molecule has 0 radical (unpaired) electrons. The van der Waals surface area contributed by atoms with Gasteiger partial charge in [0.25, 0.3) is 0 Å². The summed E-state index contributed by atoms with van der Waals surface area (Å²) < 4.78 is 1.89. The fraction of sp³-hybridized carbons (Fsp3) is 0. The van der Waals surface area contributed by atoms with Crippen molar-refractivity contribution in [3.05, 3.63) is 36.7 Å². The molecule has 0 aliphatic rings. The largest absolute Gasteiger partial charge is 0.396 e. The number of nitrogen functional groups attached to an aromatic ring is 1. The van der Waals surface area contributed by atoms with E-state index in [-0.39, 0.29) is 0 Å². The summed E-state index contributed by atoms with van der Waals surface area (Å²) in [5.41, 5.74) is 8.27. The summed E-state index contributed by atoms with van der Waals surface area (Å²) in [5.74, 6) is 0.681. The van der Waals surface area contributed by atoms with E-state index in [9.17, 15) is 0 Å². The lowest BCUT2D eigenvalue weighted by molar-refractivity contribution is 1.14. The highest BCUT2D eigenvalue weighted by Crippen LogP contribution is 2.15. The Labute approximate surface area is 80.0 Å². The Morgan fingerprint density at radius 3 is 3.00 bits per heavy atom. The summed E-state index contributed by atoms with van der Waals surface area (Å²) in [7, 11) is 0. The first-order chi connectivity index (χ1) is 6.84. The minimum Gasteiger partial charge on any atom is -0.396 e. The van der Waals surface area contributed by atoms with Crippen LogP contribution in [0.4, 0.5) is 5.69 Å². The molecule has 0 aliphatic carbocycles. The van der Waals surface area contributed by atoms with Crippen molar-refractivity contribution in [1.29, 1.82) is 0 Å². The van der Waals surface area contributed by atoms with Crippen molar-refractivity contribution in [3.63, 3.8) is 0 Å². The lowest BCUT2D eigenvalue weighted by Gasteiger charge is -1.95. The van der Waals surface area contributed by atoms with Gasteiger partial charge in [0.2, 0.25) is 5.78 Å². The summed E-state index contributed by atoms with van der Waals surface area (Å²) in [4.78, 5) is 8.50. The fourth-order valence-corrected chi connectivity index (χ4v) is 1.56. The highest BCUT2D eigenvalue weighted by atomic mass is 15.1. The first-order valence-corrected chi connectivity index (χ1v) is 4.33. The molecule has 14 heavy (non-hydrogen) atoms. The van der Waals surface area contributed by atoms with Crippen LogP contribution in [0.3, 0.4) is 0 Å². The average molecular weight is 184 g/mol. The van der Waals surface area contributed by atoms with Crippen molar-refractivity contribution in [2.45, 2.75) is 0 Å². The highest BCUT2D eigenvalue weighted by Gasteiger charge is 2.03. The summed E-state index contributed by atoms with van der Waals surface area (Å²) in [6.07, 6.45) is 3.44. The Bertz CT molecular complexity index is 612. The van der Waals surface area contributed by atoms with Crippen LogP contribution in [0.5, 0.6) is 0 Å². The van der Waals surface area contributed by atoms with Crippen LogP contribution >= 0.6 is 0 Å². The molecule has 0 unspecified atom stereocenters. The molecule has 3 rings (SSSR count). The molecule has 68 valence electrons. The molecular weight excluding hydrogens is 176 g/mol. The predicted octanol–water partition coefficient (Wildman–Crippen LogP) is 1.46. The van der Waals surface area contributed by atoms with E-state index in [2.05, 4.69) is 9.97 Å². The van der Waals surface area contributed by atoms with E-state index in [1.165, 1.54) is 0 Å². The minimum atomic E-state index is 0.639. The standard InChI is InChI=1S/C10H8N4/c11-7-5-12-10-13-8-3-1-2-4-9(8)14(10)6-7/h1-6H,11H2. The number of para-hydroxylation sites is 2. The Morgan fingerprint density at radius 1 is 1.21 bits per heavy atom. The first-order valence-electron chi connectivity index (χ1n) is 4.33.